The Morgan fingerprint density at radius 2 is 1.00 bits per heavy atom. The second kappa shape index (κ2) is 35.6. The van der Waals surface area contributed by atoms with Crippen LogP contribution in [0.15, 0.2) is 35.5 Å². The number of primary amides is 1. The second-order valence-electron chi connectivity index (χ2n) is 20.5. The number of nitrogens with one attached hydrogen (secondary N) is 11. The van der Waals surface area contributed by atoms with Crippen molar-refractivity contribution in [3.05, 3.63) is 36.0 Å². The van der Waals surface area contributed by atoms with Crippen LogP contribution in [-0.2, 0) is 73.5 Å². The molecule has 10 atom stereocenters. The molecule has 0 aliphatic heterocycles. The lowest BCUT2D eigenvalue weighted by atomic mass is 10.0. The highest BCUT2D eigenvalue weighted by Crippen LogP contribution is 2.20. The summed E-state index contributed by atoms with van der Waals surface area (Å²) in [5.74, 6) is -18.9. The number of aliphatic hydroxyl groups is 2. The number of rotatable bonds is 38. The maximum atomic E-state index is 14.0. The summed E-state index contributed by atoms with van der Waals surface area (Å²) < 4.78 is 0. The Hall–Kier alpha value is -9.51. The average Bonchev–Trinajstić information content (AvgIpc) is 2.92. The van der Waals surface area contributed by atoms with Gasteiger partial charge in [-0.05, 0) is 49.7 Å². The number of carbonyl (C=O) groups excluding carboxylic acids is 11. The summed E-state index contributed by atoms with van der Waals surface area (Å²) in [6.45, 7) is 4.46. The van der Waals surface area contributed by atoms with E-state index in [0.717, 1.165) is 0 Å². The number of H-pyrrole nitrogens is 1. The fourth-order valence-corrected chi connectivity index (χ4v) is 8.01. The van der Waals surface area contributed by atoms with Gasteiger partial charge in [0, 0.05) is 30.1 Å². The quantitative estimate of drug-likeness (QED) is 0.0169. The molecule has 0 radical (unpaired) electrons. The van der Waals surface area contributed by atoms with E-state index in [0.29, 0.717) is 16.5 Å². The molecule has 476 valence electrons. The molecule has 0 bridgehead atoms. The van der Waals surface area contributed by atoms with E-state index in [2.05, 4.69) is 52.5 Å². The molecule has 35 nitrogen and oxygen atoms in total. The van der Waals surface area contributed by atoms with Crippen LogP contribution in [0.3, 0.4) is 0 Å². The molecule has 2 aromatic rings. The molecule has 11 amide bonds. The third kappa shape index (κ3) is 25.1. The monoisotopic (exact) mass is 1220 g/mol. The molecule has 24 N–H and O–H groups in total. The lowest BCUT2D eigenvalue weighted by Gasteiger charge is -2.27. The Morgan fingerprint density at radius 3 is 1.48 bits per heavy atom. The number of fused-ring (bicyclic) bond motifs is 1. The van der Waals surface area contributed by atoms with E-state index in [1.807, 2.05) is 10.6 Å². The Kier molecular flexibility index (Phi) is 30.0. The minimum Gasteiger partial charge on any atom is -0.481 e. The highest BCUT2D eigenvalue weighted by Gasteiger charge is 2.37. The van der Waals surface area contributed by atoms with E-state index >= 15 is 0 Å². The molecule has 86 heavy (non-hydrogen) atoms. The first kappa shape index (κ1) is 72.6. The van der Waals surface area contributed by atoms with Gasteiger partial charge in [0.15, 0.2) is 5.96 Å². The van der Waals surface area contributed by atoms with Crippen LogP contribution >= 0.6 is 0 Å². The van der Waals surface area contributed by atoms with Crippen molar-refractivity contribution in [2.24, 2.45) is 39.8 Å². The van der Waals surface area contributed by atoms with Crippen LogP contribution in [0.5, 0.6) is 0 Å². The number of para-hydroxylation sites is 1. The third-order valence-corrected chi connectivity index (χ3v) is 12.4. The van der Waals surface area contributed by atoms with Crippen LogP contribution in [0, 0.1) is 11.8 Å². The number of amides is 11. The van der Waals surface area contributed by atoms with Gasteiger partial charge in [0.05, 0.1) is 45.1 Å². The van der Waals surface area contributed by atoms with Gasteiger partial charge >= 0.3 is 17.9 Å². The minimum atomic E-state index is -2.19. The van der Waals surface area contributed by atoms with E-state index in [9.17, 15) is 92.7 Å². The lowest BCUT2D eigenvalue weighted by molar-refractivity contribution is -0.143. The number of guanidine groups is 1. The van der Waals surface area contributed by atoms with Crippen molar-refractivity contribution in [1.29, 1.82) is 0 Å². The fourth-order valence-electron chi connectivity index (χ4n) is 8.01. The number of hydrogen-bond donors (Lipinski definition) is 20. The standard InChI is InChI=1S/C51H78N16O19/c1-22(2)13-29(44(79)62-31(15-36(53)70)42(77)58-19-37(71)59-28(11-8-12-56-51(54)55)43(78)67-40(23(3)4)50(85)86)60-49(84)35(21-69)66-47(82)33(17-39(74)75)64-46(81)32(16-38(72)73)63-45(80)30(14-25-18-57-27-10-7-6-9-26(25)27)61-48(83)34(20-68)65-41(76)24(5)52/h6-7,9-10,18,22-24,28-35,40,57,68-69H,8,11-17,19-21,52H2,1-5H3,(H2,53,70)(H,58,77)(H,59,71)(H,60,84)(H,61,83)(H,62,79)(H,63,80)(H,64,81)(H,65,76)(H,66,82)(H,67,78)(H,72,73)(H,74,75)(H,85,86)(H4,54,55,56)/t24-,28-,29-,30-,31-,32-,33-,34-,35-,40-/m0/s1. The Morgan fingerprint density at radius 1 is 0.547 bits per heavy atom. The number of aliphatic imine (C=N–C) groups is 1. The van der Waals surface area contributed by atoms with Crippen molar-refractivity contribution in [2.45, 2.75) is 140 Å². The largest absolute Gasteiger partial charge is 0.481 e. The highest BCUT2D eigenvalue weighted by molar-refractivity contribution is 6.01. The number of aliphatic hydroxyl groups excluding tert-OH is 2. The predicted molar refractivity (Wildman–Crippen MR) is 300 cm³/mol. The number of aromatic nitrogens is 1. The van der Waals surface area contributed by atoms with E-state index in [4.69, 9.17) is 22.9 Å². The SMILES string of the molecule is CC(C)C[C@H](NC(=O)[C@H](CO)NC(=O)[C@H](CC(=O)O)NC(=O)[C@H](CC(=O)O)NC(=O)[C@H](Cc1c[nH]c2ccccc12)NC(=O)[C@H](CO)NC(=O)[C@H](C)N)C(=O)N[C@@H](CC(N)=O)C(=O)NCC(=O)N[C@@H](CCCN=C(N)N)C(=O)N[C@H](C(=O)O)C(C)C. The molecule has 0 saturated carbocycles. The zero-order chi connectivity index (χ0) is 65.1. The van der Waals surface area contributed by atoms with E-state index in [1.54, 1.807) is 38.1 Å². The van der Waals surface area contributed by atoms with Gasteiger partial charge in [-0.2, -0.15) is 0 Å². The molecule has 1 heterocycles. The van der Waals surface area contributed by atoms with Gasteiger partial charge in [0.1, 0.15) is 54.4 Å². The summed E-state index contributed by atoms with van der Waals surface area (Å²) in [6, 6.07) is -10.3. The van der Waals surface area contributed by atoms with Gasteiger partial charge in [-0.1, -0.05) is 45.9 Å². The fraction of sp³-hybridized carbons (Fsp3) is 0.549. The summed E-state index contributed by atoms with van der Waals surface area (Å²) >= 11 is 0. The molecule has 2 rings (SSSR count). The molecule has 0 aliphatic carbocycles. The van der Waals surface area contributed by atoms with Gasteiger partial charge < -0.3 is 107 Å². The van der Waals surface area contributed by atoms with Crippen molar-refractivity contribution in [2.75, 3.05) is 26.3 Å². The summed E-state index contributed by atoms with van der Waals surface area (Å²) in [6.07, 6.45) is -2.43. The number of benzene rings is 1. The van der Waals surface area contributed by atoms with Crippen LogP contribution < -0.4 is 76.1 Å². The van der Waals surface area contributed by atoms with Crippen molar-refractivity contribution in [3.8, 4) is 0 Å². The summed E-state index contributed by atoms with van der Waals surface area (Å²) in [5.41, 5.74) is 22.7. The van der Waals surface area contributed by atoms with Crippen molar-refractivity contribution in [3.63, 3.8) is 0 Å². The molecular weight excluding hydrogens is 1140 g/mol. The predicted octanol–water partition coefficient (Wildman–Crippen LogP) is -7.81. The number of hydrogen-bond acceptors (Lipinski definition) is 18. The Balaban J connectivity index is 2.34. The van der Waals surface area contributed by atoms with Gasteiger partial charge in [-0.25, -0.2) is 4.79 Å². The molecule has 0 aliphatic rings. The molecule has 0 saturated heterocycles. The smallest absolute Gasteiger partial charge is 0.326 e. The number of nitrogens with two attached hydrogens (primary N) is 4. The maximum absolute atomic E-state index is 14.0. The van der Waals surface area contributed by atoms with E-state index in [1.165, 1.54) is 27.0 Å². The van der Waals surface area contributed by atoms with Crippen LogP contribution in [0.2, 0.25) is 0 Å². The third-order valence-electron chi connectivity index (χ3n) is 12.4. The van der Waals surface area contributed by atoms with Crippen LogP contribution in [0.4, 0.5) is 0 Å². The maximum Gasteiger partial charge on any atom is 0.326 e. The number of nitrogens with zero attached hydrogens (tertiary/aromatic N) is 1. The van der Waals surface area contributed by atoms with E-state index < -0.39 is 194 Å². The lowest BCUT2D eigenvalue weighted by Crippen LogP contribution is -2.61. The van der Waals surface area contributed by atoms with Crippen molar-refractivity contribution >= 4 is 99.7 Å². The molecule has 0 fully saturated rings. The molecule has 35 heteroatoms. The van der Waals surface area contributed by atoms with Gasteiger partial charge in [-0.15, -0.1) is 0 Å². The first-order valence-electron chi connectivity index (χ1n) is 26.8. The van der Waals surface area contributed by atoms with Gasteiger partial charge in [0.2, 0.25) is 65.0 Å². The number of carbonyl (C=O) groups is 14. The number of aliphatic carboxylic acids is 3. The van der Waals surface area contributed by atoms with Crippen LogP contribution in [-0.4, -0.2) is 206 Å². The van der Waals surface area contributed by atoms with Crippen molar-refractivity contribution in [1.82, 2.24) is 58.2 Å². The Bertz CT molecular complexity index is 2800. The Labute approximate surface area is 491 Å². The second-order valence-corrected chi connectivity index (χ2v) is 20.5. The van der Waals surface area contributed by atoms with Crippen LogP contribution in [0.1, 0.15) is 78.7 Å². The first-order valence-corrected chi connectivity index (χ1v) is 26.8. The summed E-state index contributed by atoms with van der Waals surface area (Å²) in [4.78, 5) is 189. The van der Waals surface area contributed by atoms with Crippen LogP contribution in [0.25, 0.3) is 10.9 Å². The number of carboxylic acid groups (broad SMARTS) is 3. The summed E-state index contributed by atoms with van der Waals surface area (Å²) in [5, 5.41) is 72.1. The van der Waals surface area contributed by atoms with Gasteiger partial charge in [-0.3, -0.25) is 67.3 Å². The molecule has 1 aromatic heterocycles. The molecule has 0 spiro atoms. The van der Waals surface area contributed by atoms with E-state index in [-0.39, 0.29) is 38.2 Å². The van der Waals surface area contributed by atoms with Crippen molar-refractivity contribution < 1.29 is 92.7 Å². The molecular formula is C51H78N16O19. The average molecular weight is 1220 g/mol. The zero-order valence-corrected chi connectivity index (χ0v) is 47.8. The highest BCUT2D eigenvalue weighted by atomic mass is 16.4. The number of carboxylic acids is 3. The zero-order valence-electron chi connectivity index (χ0n) is 47.8. The molecule has 1 aromatic carbocycles. The summed E-state index contributed by atoms with van der Waals surface area (Å²) in [7, 11) is 0. The normalized spacial score (nSPS) is 14.5. The molecule has 0 unspecified atom stereocenters. The minimum absolute atomic E-state index is 0.0149. The van der Waals surface area contributed by atoms with Gasteiger partial charge in [0.25, 0.3) is 0 Å². The first-order chi connectivity index (χ1) is 40.3. The topological polar surface area (TPSA) is 593 Å². The number of aromatic amines is 1.